The lowest BCUT2D eigenvalue weighted by Crippen LogP contribution is -2.31. The zero-order valence-corrected chi connectivity index (χ0v) is 15.0. The second kappa shape index (κ2) is 7.75. The molecule has 0 fully saturated rings. The van der Waals surface area contributed by atoms with E-state index in [2.05, 4.69) is 39.4 Å². The molecule has 7 heteroatoms. The van der Waals surface area contributed by atoms with Gasteiger partial charge in [0.2, 0.25) is 10.0 Å². The Morgan fingerprint density at radius 3 is 2.60 bits per heavy atom. The molecule has 20 heavy (non-hydrogen) atoms. The summed E-state index contributed by atoms with van der Waals surface area (Å²) in [5.41, 5.74) is 0. The van der Waals surface area contributed by atoms with Gasteiger partial charge >= 0.3 is 0 Å². The number of benzene rings is 1. The number of nitrogens with zero attached hydrogens (tertiary/aromatic N) is 1. The lowest BCUT2D eigenvalue weighted by molar-refractivity contribution is 0.271. The van der Waals surface area contributed by atoms with E-state index in [9.17, 15) is 8.42 Å². The summed E-state index contributed by atoms with van der Waals surface area (Å²) in [5, 5.41) is 0.488. The maximum atomic E-state index is 12.1. The average Bonchev–Trinajstić information content (AvgIpc) is 2.37. The van der Waals surface area contributed by atoms with Crippen molar-refractivity contribution in [1.82, 2.24) is 9.62 Å². The normalized spacial score (nSPS) is 12.3. The predicted molar refractivity (Wildman–Crippen MR) is 86.7 cm³/mol. The molecule has 0 aromatic heterocycles. The van der Waals surface area contributed by atoms with Crippen LogP contribution < -0.4 is 4.72 Å². The van der Waals surface area contributed by atoms with Gasteiger partial charge in [-0.05, 0) is 68.0 Å². The molecular weight excluding hydrogens is 364 g/mol. The largest absolute Gasteiger partial charge is 0.304 e. The third-order valence-electron chi connectivity index (χ3n) is 3.06. The van der Waals surface area contributed by atoms with E-state index in [1.54, 1.807) is 6.07 Å². The molecule has 114 valence electrons. The van der Waals surface area contributed by atoms with Crippen LogP contribution in [0, 0.1) is 0 Å². The van der Waals surface area contributed by atoms with Crippen molar-refractivity contribution in [3.05, 3.63) is 27.7 Å². The first-order chi connectivity index (χ1) is 9.24. The fourth-order valence-electron chi connectivity index (χ4n) is 1.52. The topological polar surface area (TPSA) is 49.4 Å². The van der Waals surface area contributed by atoms with Crippen LogP contribution in [0.4, 0.5) is 0 Å². The number of hydrogen-bond acceptors (Lipinski definition) is 3. The SMILES string of the molecule is CC(C)N(C)CCCNS(=O)(=O)c1ccc(Cl)c(Br)c1. The van der Waals surface area contributed by atoms with Crippen LogP contribution in [0.2, 0.25) is 5.02 Å². The quantitative estimate of drug-likeness (QED) is 0.736. The summed E-state index contributed by atoms with van der Waals surface area (Å²) in [5.74, 6) is 0. The summed E-state index contributed by atoms with van der Waals surface area (Å²) in [6, 6.07) is 5.02. The predicted octanol–water partition coefficient (Wildman–Crippen LogP) is 3.11. The van der Waals surface area contributed by atoms with E-state index in [1.807, 2.05) is 7.05 Å². The van der Waals surface area contributed by atoms with Crippen LogP contribution in [0.25, 0.3) is 0 Å². The molecule has 0 atom stereocenters. The van der Waals surface area contributed by atoms with Crippen LogP contribution in [0.1, 0.15) is 20.3 Å². The van der Waals surface area contributed by atoms with E-state index in [4.69, 9.17) is 11.6 Å². The third-order valence-corrected chi connectivity index (χ3v) is 5.74. The maximum absolute atomic E-state index is 12.1. The highest BCUT2D eigenvalue weighted by molar-refractivity contribution is 9.10. The van der Waals surface area contributed by atoms with Crippen molar-refractivity contribution >= 4 is 37.6 Å². The molecule has 0 unspecified atom stereocenters. The van der Waals surface area contributed by atoms with Crippen molar-refractivity contribution in [1.29, 1.82) is 0 Å². The molecule has 1 rings (SSSR count). The van der Waals surface area contributed by atoms with Crippen LogP contribution in [0.5, 0.6) is 0 Å². The number of nitrogens with one attached hydrogen (secondary N) is 1. The first kappa shape index (κ1) is 17.9. The Hall–Kier alpha value is -0.140. The first-order valence-corrected chi connectivity index (χ1v) is 9.04. The molecule has 0 amide bonds. The lowest BCUT2D eigenvalue weighted by atomic mass is 10.3. The minimum absolute atomic E-state index is 0.214. The van der Waals surface area contributed by atoms with E-state index in [1.165, 1.54) is 12.1 Å². The van der Waals surface area contributed by atoms with Gasteiger partial charge in [0.15, 0.2) is 0 Å². The molecule has 0 aliphatic rings. The van der Waals surface area contributed by atoms with Crippen molar-refractivity contribution < 1.29 is 8.42 Å². The van der Waals surface area contributed by atoms with Crippen LogP contribution in [-0.2, 0) is 10.0 Å². The minimum Gasteiger partial charge on any atom is -0.304 e. The van der Waals surface area contributed by atoms with Gasteiger partial charge < -0.3 is 4.90 Å². The van der Waals surface area contributed by atoms with Crippen molar-refractivity contribution in [3.8, 4) is 0 Å². The van der Waals surface area contributed by atoms with Crippen LogP contribution in [0.3, 0.4) is 0 Å². The fourth-order valence-corrected chi connectivity index (χ4v) is 3.27. The summed E-state index contributed by atoms with van der Waals surface area (Å²) in [7, 11) is -1.45. The smallest absolute Gasteiger partial charge is 0.240 e. The Balaban J connectivity index is 2.56. The Labute approximate surface area is 134 Å². The van der Waals surface area contributed by atoms with Crippen molar-refractivity contribution in [3.63, 3.8) is 0 Å². The molecule has 0 radical (unpaired) electrons. The molecule has 1 aromatic rings. The molecule has 4 nitrogen and oxygen atoms in total. The second-order valence-corrected chi connectivity index (χ2v) is 7.93. The van der Waals surface area contributed by atoms with Crippen LogP contribution in [-0.4, -0.2) is 39.5 Å². The molecule has 1 N–H and O–H groups in total. The summed E-state index contributed by atoms with van der Waals surface area (Å²) in [6.45, 7) is 5.48. The van der Waals surface area contributed by atoms with Crippen molar-refractivity contribution in [2.45, 2.75) is 31.2 Å². The van der Waals surface area contributed by atoms with Crippen LogP contribution in [0.15, 0.2) is 27.6 Å². The molecule has 0 aliphatic carbocycles. The van der Waals surface area contributed by atoms with Gasteiger partial charge in [0.1, 0.15) is 0 Å². The van der Waals surface area contributed by atoms with E-state index >= 15 is 0 Å². The van der Waals surface area contributed by atoms with Gasteiger partial charge in [0, 0.05) is 17.1 Å². The number of rotatable bonds is 7. The summed E-state index contributed by atoms with van der Waals surface area (Å²) in [6.07, 6.45) is 0.767. The standard InChI is InChI=1S/C13H20BrClN2O2S/c1-10(2)17(3)8-4-7-16-20(18,19)11-5-6-13(15)12(14)9-11/h5-6,9-10,16H,4,7-8H2,1-3H3. The summed E-state index contributed by atoms with van der Waals surface area (Å²) >= 11 is 9.08. The van der Waals surface area contributed by atoms with E-state index in [-0.39, 0.29) is 4.90 Å². The van der Waals surface area contributed by atoms with Gasteiger partial charge in [0.05, 0.1) is 9.92 Å². The Kier molecular flexibility index (Phi) is 6.94. The van der Waals surface area contributed by atoms with E-state index in [0.29, 0.717) is 22.1 Å². The molecular formula is C13H20BrClN2O2S. The van der Waals surface area contributed by atoms with Gasteiger partial charge in [-0.1, -0.05) is 11.6 Å². The monoisotopic (exact) mass is 382 g/mol. The van der Waals surface area contributed by atoms with E-state index in [0.717, 1.165) is 13.0 Å². The van der Waals surface area contributed by atoms with Gasteiger partial charge in [0.25, 0.3) is 0 Å². The van der Waals surface area contributed by atoms with E-state index < -0.39 is 10.0 Å². The zero-order valence-electron chi connectivity index (χ0n) is 11.9. The molecule has 0 spiro atoms. The molecule has 0 aliphatic heterocycles. The molecule has 0 saturated carbocycles. The molecule has 0 saturated heterocycles. The Morgan fingerprint density at radius 2 is 2.05 bits per heavy atom. The van der Waals surface area contributed by atoms with Crippen molar-refractivity contribution in [2.75, 3.05) is 20.1 Å². The van der Waals surface area contributed by atoms with Gasteiger partial charge in [-0.3, -0.25) is 0 Å². The third kappa shape index (κ3) is 5.33. The fraction of sp³-hybridized carbons (Fsp3) is 0.538. The average molecular weight is 384 g/mol. The maximum Gasteiger partial charge on any atom is 0.240 e. The highest BCUT2D eigenvalue weighted by atomic mass is 79.9. The molecule has 0 heterocycles. The lowest BCUT2D eigenvalue weighted by Gasteiger charge is -2.20. The van der Waals surface area contributed by atoms with Gasteiger partial charge in [-0.25, -0.2) is 13.1 Å². The minimum atomic E-state index is -3.47. The summed E-state index contributed by atoms with van der Waals surface area (Å²) < 4.78 is 27.3. The Bertz CT molecular complexity index is 549. The molecule has 1 aromatic carbocycles. The number of sulfonamides is 1. The van der Waals surface area contributed by atoms with Crippen LogP contribution >= 0.6 is 27.5 Å². The Morgan fingerprint density at radius 1 is 1.40 bits per heavy atom. The number of hydrogen-bond donors (Lipinski definition) is 1. The van der Waals surface area contributed by atoms with Gasteiger partial charge in [-0.2, -0.15) is 0 Å². The second-order valence-electron chi connectivity index (χ2n) is 4.90. The number of halogens is 2. The first-order valence-electron chi connectivity index (χ1n) is 6.39. The van der Waals surface area contributed by atoms with Crippen molar-refractivity contribution in [2.24, 2.45) is 0 Å². The summed E-state index contributed by atoms with van der Waals surface area (Å²) in [4.78, 5) is 2.39. The molecule has 0 bridgehead atoms. The highest BCUT2D eigenvalue weighted by Gasteiger charge is 2.14. The zero-order chi connectivity index (χ0) is 15.3. The van der Waals surface area contributed by atoms with Gasteiger partial charge in [-0.15, -0.1) is 0 Å². The highest BCUT2D eigenvalue weighted by Crippen LogP contribution is 2.25.